The van der Waals surface area contributed by atoms with Gasteiger partial charge in [0.2, 0.25) is 0 Å². The molecule has 0 saturated carbocycles. The van der Waals surface area contributed by atoms with Crippen molar-refractivity contribution in [3.63, 3.8) is 0 Å². The Hall–Kier alpha value is -2.10. The molecule has 0 amide bonds. The number of guanidine groups is 1. The van der Waals surface area contributed by atoms with Crippen LogP contribution in [0, 0.1) is 11.6 Å². The van der Waals surface area contributed by atoms with E-state index >= 15 is 0 Å². The molecular formula is C19H23F2IN4O. The maximum Gasteiger partial charge on any atom is 0.194 e. The summed E-state index contributed by atoms with van der Waals surface area (Å²) in [5, 5.41) is 12.5. The number of anilines is 1. The average Bonchev–Trinajstić information content (AvgIpc) is 2.66. The van der Waals surface area contributed by atoms with Crippen molar-refractivity contribution in [3.8, 4) is 5.75 Å². The molecule has 0 unspecified atom stereocenters. The SMILES string of the molecule is CN=C(NCc1ccc(O)c(F)c1)N1CCN(c2ccccc2F)CC1.I. The summed E-state index contributed by atoms with van der Waals surface area (Å²) in [4.78, 5) is 8.39. The number of phenols is 1. The van der Waals surface area contributed by atoms with Gasteiger partial charge in [0, 0.05) is 39.8 Å². The molecule has 27 heavy (non-hydrogen) atoms. The van der Waals surface area contributed by atoms with Crippen LogP contribution >= 0.6 is 24.0 Å². The monoisotopic (exact) mass is 488 g/mol. The van der Waals surface area contributed by atoms with Gasteiger partial charge in [0.25, 0.3) is 0 Å². The number of aliphatic imine (C=N–C) groups is 1. The van der Waals surface area contributed by atoms with Gasteiger partial charge < -0.3 is 20.2 Å². The molecular weight excluding hydrogens is 465 g/mol. The molecule has 2 aromatic carbocycles. The lowest BCUT2D eigenvalue weighted by molar-refractivity contribution is 0.370. The first-order valence-electron chi connectivity index (χ1n) is 8.51. The Morgan fingerprint density at radius 2 is 1.78 bits per heavy atom. The van der Waals surface area contributed by atoms with Crippen molar-refractivity contribution in [3.05, 3.63) is 59.7 Å². The number of nitrogens with zero attached hydrogens (tertiary/aromatic N) is 3. The Morgan fingerprint density at radius 1 is 1.07 bits per heavy atom. The van der Waals surface area contributed by atoms with Gasteiger partial charge in [0.15, 0.2) is 17.5 Å². The van der Waals surface area contributed by atoms with Crippen molar-refractivity contribution >= 4 is 35.6 Å². The maximum atomic E-state index is 13.9. The van der Waals surface area contributed by atoms with Crippen molar-refractivity contribution < 1.29 is 13.9 Å². The fourth-order valence-electron chi connectivity index (χ4n) is 3.04. The molecule has 0 bridgehead atoms. The van der Waals surface area contributed by atoms with Crippen molar-refractivity contribution in [1.29, 1.82) is 0 Å². The fraction of sp³-hybridized carbons (Fsp3) is 0.316. The van der Waals surface area contributed by atoms with Crippen LogP contribution in [0.2, 0.25) is 0 Å². The van der Waals surface area contributed by atoms with Gasteiger partial charge in [-0.25, -0.2) is 8.78 Å². The van der Waals surface area contributed by atoms with Crippen LogP contribution in [0.4, 0.5) is 14.5 Å². The molecule has 1 aliphatic rings. The van der Waals surface area contributed by atoms with E-state index in [4.69, 9.17) is 0 Å². The van der Waals surface area contributed by atoms with E-state index in [1.807, 2.05) is 11.0 Å². The van der Waals surface area contributed by atoms with Crippen LogP contribution in [0.25, 0.3) is 0 Å². The smallest absolute Gasteiger partial charge is 0.194 e. The number of rotatable bonds is 3. The van der Waals surface area contributed by atoms with E-state index in [1.54, 1.807) is 25.2 Å². The summed E-state index contributed by atoms with van der Waals surface area (Å²) in [6.45, 7) is 3.19. The number of piperazine rings is 1. The highest BCUT2D eigenvalue weighted by atomic mass is 127. The summed E-state index contributed by atoms with van der Waals surface area (Å²) in [5.41, 5.74) is 1.33. The summed E-state index contributed by atoms with van der Waals surface area (Å²) in [7, 11) is 1.70. The minimum absolute atomic E-state index is 0. The number of hydrogen-bond acceptors (Lipinski definition) is 3. The van der Waals surface area contributed by atoms with Crippen LogP contribution in [-0.2, 0) is 6.54 Å². The van der Waals surface area contributed by atoms with E-state index in [0.29, 0.717) is 49.9 Å². The van der Waals surface area contributed by atoms with E-state index in [0.717, 1.165) is 0 Å². The minimum Gasteiger partial charge on any atom is -0.505 e. The molecule has 0 aromatic heterocycles. The highest BCUT2D eigenvalue weighted by Crippen LogP contribution is 2.20. The number of phenolic OH excluding ortho intramolecular Hbond substituents is 1. The van der Waals surface area contributed by atoms with E-state index in [2.05, 4.69) is 15.2 Å². The van der Waals surface area contributed by atoms with Gasteiger partial charge in [0.1, 0.15) is 5.82 Å². The lowest BCUT2D eigenvalue weighted by atomic mass is 10.2. The van der Waals surface area contributed by atoms with Gasteiger partial charge in [-0.05, 0) is 29.8 Å². The van der Waals surface area contributed by atoms with Crippen molar-refractivity contribution in [2.24, 2.45) is 4.99 Å². The molecule has 5 nitrogen and oxygen atoms in total. The van der Waals surface area contributed by atoms with Crippen molar-refractivity contribution in [1.82, 2.24) is 10.2 Å². The molecule has 8 heteroatoms. The second-order valence-electron chi connectivity index (χ2n) is 6.11. The highest BCUT2D eigenvalue weighted by molar-refractivity contribution is 14.0. The topological polar surface area (TPSA) is 51.1 Å². The zero-order valence-electron chi connectivity index (χ0n) is 15.0. The van der Waals surface area contributed by atoms with Crippen LogP contribution in [0.15, 0.2) is 47.5 Å². The second-order valence-corrected chi connectivity index (χ2v) is 6.11. The summed E-state index contributed by atoms with van der Waals surface area (Å²) in [5.74, 6) is -0.496. The molecule has 0 radical (unpaired) electrons. The van der Waals surface area contributed by atoms with E-state index in [1.165, 1.54) is 18.2 Å². The first-order chi connectivity index (χ1) is 12.6. The number of benzene rings is 2. The quantitative estimate of drug-likeness (QED) is 0.396. The van der Waals surface area contributed by atoms with E-state index in [9.17, 15) is 13.9 Å². The maximum absolute atomic E-state index is 13.9. The third kappa shape index (κ3) is 5.21. The molecule has 1 aliphatic heterocycles. The third-order valence-corrected chi connectivity index (χ3v) is 4.45. The van der Waals surface area contributed by atoms with Gasteiger partial charge in [-0.3, -0.25) is 4.99 Å². The molecule has 0 aliphatic carbocycles. The summed E-state index contributed by atoms with van der Waals surface area (Å²) in [6, 6.07) is 11.1. The third-order valence-electron chi connectivity index (χ3n) is 4.45. The van der Waals surface area contributed by atoms with Gasteiger partial charge in [-0.15, -0.1) is 24.0 Å². The zero-order chi connectivity index (χ0) is 18.5. The highest BCUT2D eigenvalue weighted by Gasteiger charge is 2.21. The normalized spacial score (nSPS) is 14.7. The van der Waals surface area contributed by atoms with Gasteiger partial charge in [0.05, 0.1) is 5.69 Å². The summed E-state index contributed by atoms with van der Waals surface area (Å²) >= 11 is 0. The van der Waals surface area contributed by atoms with Crippen LogP contribution in [0.5, 0.6) is 5.75 Å². The Morgan fingerprint density at radius 3 is 2.41 bits per heavy atom. The first kappa shape index (κ1) is 21.2. The predicted molar refractivity (Wildman–Crippen MR) is 114 cm³/mol. The lowest BCUT2D eigenvalue weighted by Gasteiger charge is -2.37. The van der Waals surface area contributed by atoms with Crippen molar-refractivity contribution in [2.75, 3.05) is 38.1 Å². The number of nitrogens with one attached hydrogen (secondary N) is 1. The van der Waals surface area contributed by atoms with Gasteiger partial charge in [-0.1, -0.05) is 18.2 Å². The molecule has 2 N–H and O–H groups in total. The van der Waals surface area contributed by atoms with Gasteiger partial charge in [-0.2, -0.15) is 0 Å². The van der Waals surface area contributed by atoms with E-state index in [-0.39, 0.29) is 35.5 Å². The Kier molecular flexibility index (Phi) is 7.64. The molecule has 2 aromatic rings. The van der Waals surface area contributed by atoms with Gasteiger partial charge >= 0.3 is 0 Å². The van der Waals surface area contributed by atoms with Crippen LogP contribution in [-0.4, -0.2) is 49.2 Å². The molecule has 0 atom stereocenters. The molecule has 1 saturated heterocycles. The van der Waals surface area contributed by atoms with E-state index < -0.39 is 5.82 Å². The molecule has 1 heterocycles. The number of hydrogen-bond donors (Lipinski definition) is 2. The number of para-hydroxylation sites is 1. The fourth-order valence-corrected chi connectivity index (χ4v) is 3.04. The summed E-state index contributed by atoms with van der Waals surface area (Å²) < 4.78 is 27.3. The molecule has 0 spiro atoms. The van der Waals surface area contributed by atoms with Crippen LogP contribution in [0.3, 0.4) is 0 Å². The first-order valence-corrected chi connectivity index (χ1v) is 8.51. The number of halogens is 3. The van der Waals surface area contributed by atoms with Crippen LogP contribution in [0.1, 0.15) is 5.56 Å². The number of aromatic hydroxyl groups is 1. The minimum atomic E-state index is -0.641. The Bertz CT molecular complexity index is 795. The Balaban J connectivity index is 0.00000261. The molecule has 1 fully saturated rings. The largest absolute Gasteiger partial charge is 0.505 e. The average molecular weight is 488 g/mol. The summed E-state index contributed by atoms with van der Waals surface area (Å²) in [6.07, 6.45) is 0. The second kappa shape index (κ2) is 9.72. The van der Waals surface area contributed by atoms with Crippen LogP contribution < -0.4 is 10.2 Å². The standard InChI is InChI=1S/C19H22F2N4O.HI/c1-22-19(23-13-14-6-7-18(26)16(21)12-14)25-10-8-24(9-11-25)17-5-3-2-4-15(17)20;/h2-7,12,26H,8-11,13H2,1H3,(H,22,23);1H. The molecule has 146 valence electrons. The van der Waals surface area contributed by atoms with Crippen molar-refractivity contribution in [2.45, 2.75) is 6.54 Å². The zero-order valence-corrected chi connectivity index (χ0v) is 17.4. The Labute approximate surface area is 174 Å². The molecule has 3 rings (SSSR count). The predicted octanol–water partition coefficient (Wildman–Crippen LogP) is 3.19. The lowest BCUT2D eigenvalue weighted by Crippen LogP contribution is -2.52.